The molecule has 4 rings (SSSR count). The van der Waals surface area contributed by atoms with Crippen LogP contribution in [0.4, 0.5) is 10.7 Å². The number of amides is 3. The SMILES string of the molecule is CN1C(=O)S/C(=C\c2cc(OCc3cnc(NC(=O)c4ccncc4)nc3)c(O)cc2Br)C1=O. The maximum absolute atomic E-state index is 12.2. The summed E-state index contributed by atoms with van der Waals surface area (Å²) in [6, 6.07) is 6.13. The topological polar surface area (TPSA) is 135 Å². The first kappa shape index (κ1) is 23.4. The average molecular weight is 542 g/mol. The molecule has 12 heteroatoms. The van der Waals surface area contributed by atoms with Crippen LogP contribution in [0.3, 0.4) is 0 Å². The van der Waals surface area contributed by atoms with Crippen LogP contribution in [0, 0.1) is 0 Å². The lowest BCUT2D eigenvalue weighted by molar-refractivity contribution is -0.121. The normalized spacial score (nSPS) is 14.5. The molecule has 172 valence electrons. The van der Waals surface area contributed by atoms with Crippen molar-refractivity contribution in [3.63, 3.8) is 0 Å². The van der Waals surface area contributed by atoms with Crippen molar-refractivity contribution in [2.75, 3.05) is 12.4 Å². The molecule has 2 N–H and O–H groups in total. The molecule has 3 heterocycles. The number of nitrogens with zero attached hydrogens (tertiary/aromatic N) is 4. The number of imide groups is 1. The number of anilines is 1. The van der Waals surface area contributed by atoms with Crippen molar-refractivity contribution in [3.05, 3.63) is 75.1 Å². The number of aromatic hydroxyl groups is 1. The number of phenols is 1. The number of phenolic OH excluding ortho intramolecular Hbond substituents is 1. The number of nitrogens with one attached hydrogen (secondary N) is 1. The monoisotopic (exact) mass is 541 g/mol. The van der Waals surface area contributed by atoms with Gasteiger partial charge in [-0.3, -0.25) is 29.6 Å². The van der Waals surface area contributed by atoms with E-state index in [1.54, 1.807) is 24.3 Å². The Hall–Kier alpha value is -3.77. The third kappa shape index (κ3) is 5.24. The molecule has 1 saturated heterocycles. The molecule has 0 spiro atoms. The van der Waals surface area contributed by atoms with Crippen molar-refractivity contribution >= 4 is 56.8 Å². The van der Waals surface area contributed by atoms with Crippen LogP contribution in [0.1, 0.15) is 21.5 Å². The fourth-order valence-corrected chi connectivity index (χ4v) is 4.07. The van der Waals surface area contributed by atoms with E-state index in [1.807, 2.05) is 0 Å². The van der Waals surface area contributed by atoms with Crippen LogP contribution >= 0.6 is 27.7 Å². The van der Waals surface area contributed by atoms with Crippen molar-refractivity contribution in [1.82, 2.24) is 19.9 Å². The number of pyridine rings is 1. The molecule has 34 heavy (non-hydrogen) atoms. The van der Waals surface area contributed by atoms with Gasteiger partial charge in [-0.05, 0) is 47.7 Å². The molecule has 0 unspecified atom stereocenters. The van der Waals surface area contributed by atoms with E-state index in [4.69, 9.17) is 4.74 Å². The van der Waals surface area contributed by atoms with Crippen LogP contribution in [0.2, 0.25) is 0 Å². The van der Waals surface area contributed by atoms with Gasteiger partial charge < -0.3 is 9.84 Å². The van der Waals surface area contributed by atoms with Crippen molar-refractivity contribution in [1.29, 1.82) is 0 Å². The highest BCUT2D eigenvalue weighted by molar-refractivity contribution is 9.10. The first-order valence-electron chi connectivity index (χ1n) is 9.71. The maximum atomic E-state index is 12.2. The maximum Gasteiger partial charge on any atom is 0.293 e. The first-order chi connectivity index (χ1) is 16.3. The van der Waals surface area contributed by atoms with E-state index < -0.39 is 5.91 Å². The van der Waals surface area contributed by atoms with Crippen molar-refractivity contribution in [2.24, 2.45) is 0 Å². The third-order valence-corrected chi connectivity index (χ3v) is 6.27. The second-order valence-corrected chi connectivity index (χ2v) is 8.82. The predicted molar refractivity (Wildman–Crippen MR) is 128 cm³/mol. The summed E-state index contributed by atoms with van der Waals surface area (Å²) in [5, 5.41) is 12.5. The van der Waals surface area contributed by atoms with E-state index in [9.17, 15) is 19.5 Å². The van der Waals surface area contributed by atoms with Crippen LogP contribution in [-0.2, 0) is 11.4 Å². The Morgan fingerprint density at radius 3 is 2.59 bits per heavy atom. The van der Waals surface area contributed by atoms with Gasteiger partial charge in [0.15, 0.2) is 11.5 Å². The predicted octanol–water partition coefficient (Wildman–Crippen LogP) is 3.84. The second kappa shape index (κ2) is 10.0. The quantitative estimate of drug-likeness (QED) is 0.446. The number of ether oxygens (including phenoxy) is 1. The van der Waals surface area contributed by atoms with Gasteiger partial charge in [-0.25, -0.2) is 9.97 Å². The highest BCUT2D eigenvalue weighted by Gasteiger charge is 2.32. The summed E-state index contributed by atoms with van der Waals surface area (Å²) in [6.07, 6.45) is 7.55. The zero-order chi connectivity index (χ0) is 24.2. The smallest absolute Gasteiger partial charge is 0.293 e. The molecule has 2 aromatic heterocycles. The summed E-state index contributed by atoms with van der Waals surface area (Å²) in [6.45, 7) is 0.0404. The van der Waals surface area contributed by atoms with Crippen LogP contribution in [0.25, 0.3) is 6.08 Å². The van der Waals surface area contributed by atoms with E-state index in [2.05, 4.69) is 36.2 Å². The number of benzene rings is 1. The van der Waals surface area contributed by atoms with Crippen molar-refractivity contribution in [2.45, 2.75) is 6.61 Å². The minimum atomic E-state index is -0.397. The molecule has 10 nitrogen and oxygen atoms in total. The molecular formula is C22H16BrN5O5S. The van der Waals surface area contributed by atoms with Crippen molar-refractivity contribution in [3.8, 4) is 11.5 Å². The molecule has 1 aliphatic heterocycles. The standard InChI is InChI=1S/C22H16BrN5O5S/c1-28-20(31)18(34-22(28)32)7-14-6-17(16(29)8-15(14)23)33-11-12-9-25-21(26-10-12)27-19(30)13-2-4-24-5-3-13/h2-10,29H,11H2,1H3,(H,25,26,27,30)/b18-7-. The summed E-state index contributed by atoms with van der Waals surface area (Å²) in [5.41, 5.74) is 1.58. The number of aromatic nitrogens is 3. The average Bonchev–Trinajstić information content (AvgIpc) is 3.08. The van der Waals surface area contributed by atoms with E-state index in [-0.39, 0.29) is 40.1 Å². The van der Waals surface area contributed by atoms with Gasteiger partial charge in [0.1, 0.15) is 6.61 Å². The summed E-state index contributed by atoms with van der Waals surface area (Å²) >= 11 is 4.18. The van der Waals surface area contributed by atoms with Gasteiger partial charge in [-0.1, -0.05) is 15.9 Å². The van der Waals surface area contributed by atoms with Gasteiger partial charge in [-0.15, -0.1) is 0 Å². The summed E-state index contributed by atoms with van der Waals surface area (Å²) in [4.78, 5) is 49.4. The Balaban J connectivity index is 1.43. The zero-order valence-corrected chi connectivity index (χ0v) is 20.0. The number of halogens is 1. The van der Waals surface area contributed by atoms with Crippen LogP contribution < -0.4 is 10.1 Å². The van der Waals surface area contributed by atoms with Gasteiger partial charge in [0.2, 0.25) is 5.95 Å². The fraction of sp³-hybridized carbons (Fsp3) is 0.0909. The first-order valence-corrected chi connectivity index (χ1v) is 11.3. The number of hydrogen-bond donors (Lipinski definition) is 2. The van der Waals surface area contributed by atoms with E-state index >= 15 is 0 Å². The molecular weight excluding hydrogens is 526 g/mol. The number of carbonyl (C=O) groups is 3. The van der Waals surface area contributed by atoms with Crippen LogP contribution in [-0.4, -0.2) is 49.1 Å². The largest absolute Gasteiger partial charge is 0.504 e. The van der Waals surface area contributed by atoms with Gasteiger partial charge in [0.05, 0.1) is 4.91 Å². The molecule has 0 aliphatic carbocycles. The molecule has 1 fully saturated rings. The van der Waals surface area contributed by atoms with Crippen molar-refractivity contribution < 1.29 is 24.2 Å². The Kier molecular flexibility index (Phi) is 6.89. The zero-order valence-electron chi connectivity index (χ0n) is 17.6. The lowest BCUT2D eigenvalue weighted by atomic mass is 10.2. The highest BCUT2D eigenvalue weighted by atomic mass is 79.9. The van der Waals surface area contributed by atoms with Gasteiger partial charge in [0.25, 0.3) is 17.1 Å². The van der Waals surface area contributed by atoms with Gasteiger partial charge in [0, 0.05) is 47.4 Å². The Morgan fingerprint density at radius 2 is 1.94 bits per heavy atom. The molecule has 1 aliphatic rings. The number of thioether (sulfide) groups is 1. The Morgan fingerprint density at radius 1 is 1.24 bits per heavy atom. The molecule has 3 amide bonds. The number of hydrogen-bond acceptors (Lipinski definition) is 9. The van der Waals surface area contributed by atoms with Crippen LogP contribution in [0.15, 0.2) is 58.4 Å². The van der Waals surface area contributed by atoms with Gasteiger partial charge >= 0.3 is 0 Å². The van der Waals surface area contributed by atoms with Crippen LogP contribution in [0.5, 0.6) is 11.5 Å². The number of carbonyl (C=O) groups excluding carboxylic acids is 3. The minimum Gasteiger partial charge on any atom is -0.504 e. The lowest BCUT2D eigenvalue weighted by Crippen LogP contribution is -2.22. The Bertz CT molecular complexity index is 1300. The summed E-state index contributed by atoms with van der Waals surface area (Å²) in [7, 11) is 1.41. The summed E-state index contributed by atoms with van der Waals surface area (Å²) in [5.74, 6) is -0.579. The molecule has 0 saturated carbocycles. The minimum absolute atomic E-state index is 0.0404. The highest BCUT2D eigenvalue weighted by Crippen LogP contribution is 2.37. The third-order valence-electron chi connectivity index (χ3n) is 4.62. The number of rotatable bonds is 6. The lowest BCUT2D eigenvalue weighted by Gasteiger charge is -2.11. The Labute approximate surface area is 206 Å². The number of likely N-dealkylation sites (N-methyl/N-ethyl adjacent to an activating group) is 1. The molecule has 1 aromatic carbocycles. The van der Waals surface area contributed by atoms with Gasteiger partial charge in [-0.2, -0.15) is 0 Å². The van der Waals surface area contributed by atoms with E-state index in [1.165, 1.54) is 37.9 Å². The molecule has 0 bridgehead atoms. The molecule has 0 atom stereocenters. The van der Waals surface area contributed by atoms with E-state index in [0.29, 0.717) is 21.2 Å². The van der Waals surface area contributed by atoms with E-state index in [0.717, 1.165) is 16.7 Å². The fourth-order valence-electron chi connectivity index (χ4n) is 2.80. The second-order valence-electron chi connectivity index (χ2n) is 6.98. The molecule has 3 aromatic rings. The summed E-state index contributed by atoms with van der Waals surface area (Å²) < 4.78 is 6.22. The molecule has 0 radical (unpaired) electrons.